The molecule has 0 aliphatic heterocycles. The van der Waals surface area contributed by atoms with Gasteiger partial charge in [0, 0.05) is 67.3 Å². The van der Waals surface area contributed by atoms with E-state index in [1.54, 1.807) is 42.3 Å². The monoisotopic (exact) mass is 832 g/mol. The number of hydrogen-bond acceptors (Lipinski definition) is 6. The van der Waals surface area contributed by atoms with Gasteiger partial charge in [-0.05, 0) is 78.8 Å². The Morgan fingerprint density at radius 3 is 1.67 bits per heavy atom. The van der Waals surface area contributed by atoms with Crippen LogP contribution >= 0.6 is 35.0 Å². The van der Waals surface area contributed by atoms with E-state index in [4.69, 9.17) is 18.0 Å². The molecule has 0 aliphatic carbocycles. The molecule has 0 saturated heterocycles. The van der Waals surface area contributed by atoms with Gasteiger partial charge in [-0.25, -0.2) is 19.7 Å². The zero-order valence-corrected chi connectivity index (χ0v) is 30.8. The molecular weight excluding hydrogens is 790 g/mol. The number of carboxylic acids is 1. The van der Waals surface area contributed by atoms with E-state index in [2.05, 4.69) is 60.9 Å². The van der Waals surface area contributed by atoms with Crippen LogP contribution in [0.5, 0.6) is 0 Å². The number of carbonyl (C=O) groups is 3. The van der Waals surface area contributed by atoms with E-state index in [1.165, 1.54) is 12.1 Å². The van der Waals surface area contributed by atoms with E-state index >= 15 is 0 Å². The van der Waals surface area contributed by atoms with Gasteiger partial charge in [-0.3, -0.25) is 14.0 Å². The van der Waals surface area contributed by atoms with Crippen LogP contribution in [0.25, 0.3) is 16.9 Å². The third-order valence-corrected chi connectivity index (χ3v) is 7.53. The maximum atomic E-state index is 11.7. The van der Waals surface area contributed by atoms with E-state index in [0.717, 1.165) is 39.0 Å². The van der Waals surface area contributed by atoms with Crippen molar-refractivity contribution in [1.82, 2.24) is 28.2 Å². The Bertz CT molecular complexity index is 2200. The van der Waals surface area contributed by atoms with Crippen molar-refractivity contribution in [3.63, 3.8) is 0 Å². The third-order valence-electron chi connectivity index (χ3n) is 6.73. The first-order valence-corrected chi connectivity index (χ1v) is 16.4. The Labute approximate surface area is 326 Å². The summed E-state index contributed by atoms with van der Waals surface area (Å²) in [5, 5.41) is 8.64. The van der Waals surface area contributed by atoms with Gasteiger partial charge in [0.1, 0.15) is 20.6 Å². The fourth-order valence-electron chi connectivity index (χ4n) is 4.27. The molecule has 0 atom stereocenters. The number of pyridine rings is 3. The lowest BCUT2D eigenvalue weighted by Crippen LogP contribution is -2.01. The molecule has 6 rings (SSSR count). The second kappa shape index (κ2) is 23.9. The first-order chi connectivity index (χ1) is 23.6. The number of aromatic nitrogens is 6. The topological polar surface area (TPSA) is 123 Å². The molecule has 6 aromatic heterocycles. The molecule has 0 radical (unpaired) electrons. The Balaban J connectivity index is 0.000000669. The Morgan fingerprint density at radius 1 is 0.769 bits per heavy atom. The average Bonchev–Trinajstić information content (AvgIpc) is 3.87. The number of imidazole rings is 3. The lowest BCUT2D eigenvalue weighted by atomic mass is 9.53. The normalized spacial score (nSPS) is 9.12. The molecule has 0 bridgehead atoms. The van der Waals surface area contributed by atoms with Gasteiger partial charge in [0.25, 0.3) is 0 Å². The summed E-state index contributed by atoms with van der Waals surface area (Å²) in [6.45, 7) is 5.42. The highest BCUT2D eigenvalue weighted by Crippen LogP contribution is 2.13. The van der Waals surface area contributed by atoms with Crippen LogP contribution in [0.2, 0.25) is 0 Å². The number of rotatable bonds is 7. The molecule has 0 spiro atoms. The maximum absolute atomic E-state index is 11.7. The summed E-state index contributed by atoms with van der Waals surface area (Å²) in [7, 11) is 0. The molecule has 0 unspecified atom stereocenters. The fourth-order valence-corrected chi connectivity index (χ4v) is 4.82. The van der Waals surface area contributed by atoms with Crippen LogP contribution in [0.4, 0.5) is 0 Å². The molecule has 0 aromatic carbocycles. The first-order valence-electron chi connectivity index (χ1n) is 15.3. The number of terminal acetylenes is 2. The second-order valence-electron chi connectivity index (χ2n) is 10.3. The number of halogens is 2. The first kappa shape index (κ1) is 46.6. The van der Waals surface area contributed by atoms with Gasteiger partial charge in [-0.15, -0.1) is 48.6 Å². The van der Waals surface area contributed by atoms with Gasteiger partial charge < -0.3 is 13.9 Å². The number of aromatic carboxylic acids is 1. The minimum atomic E-state index is -0.930. The molecular formula is C39H43BClIN6O4. The second-order valence-corrected chi connectivity index (χ2v) is 11.4. The summed E-state index contributed by atoms with van der Waals surface area (Å²) in [6.07, 6.45) is 27.1. The van der Waals surface area contributed by atoms with E-state index in [0.29, 0.717) is 18.5 Å². The summed E-state index contributed by atoms with van der Waals surface area (Å²) < 4.78 is 6.66. The fraction of sp³-hybridized carbons (Fsp3) is 0.231. The quantitative estimate of drug-likeness (QED) is 0.0743. The standard InChI is InChI=1S/C11H11IN2O.C11H12N2O.C8H6N2O2.C7H5B.2CH4.ClH/c1-2-3-9(15)8-4-5-14-10(12)7-13-11(14)6-8;1-2-3-10(14)9-4-6-13-7-5-12-11(13)8-9;11-8(12)6-1-3-10-4-2-9-7(10)5-6;1-4-7-8(5-2)6-3;;;/h4-7H,2-3H2,1H3;4-8H,2-3H2,1H3;1-5H,(H,11,12);2-3H,1H3;2*1H4;1H. The van der Waals surface area contributed by atoms with Crippen LogP contribution in [0.1, 0.15) is 92.4 Å². The SMILES string of the molecule is C.C.C#CB(C#C)C#CC.CCCC(=O)c1ccn2c(I)cnc2c1.CCCC(=O)c1ccn2ccnc2c1.Cl.O=C(O)c1ccn2ccnc2c1. The highest BCUT2D eigenvalue weighted by molar-refractivity contribution is 14.1. The van der Waals surface area contributed by atoms with E-state index in [9.17, 15) is 14.4 Å². The van der Waals surface area contributed by atoms with Gasteiger partial charge >= 0.3 is 12.7 Å². The van der Waals surface area contributed by atoms with Crippen LogP contribution < -0.4 is 0 Å². The molecule has 13 heteroatoms. The number of Topliss-reactive ketones (excluding diaryl/α,β-unsaturated/α-hetero) is 2. The lowest BCUT2D eigenvalue weighted by molar-refractivity contribution is 0.0696. The number of carbonyl (C=O) groups excluding carboxylic acids is 2. The Morgan fingerprint density at radius 2 is 1.23 bits per heavy atom. The van der Waals surface area contributed by atoms with E-state index in [-0.39, 0.29) is 51.1 Å². The van der Waals surface area contributed by atoms with Crippen molar-refractivity contribution in [3.05, 3.63) is 106 Å². The van der Waals surface area contributed by atoms with Crippen molar-refractivity contribution < 1.29 is 19.5 Å². The molecule has 0 amide bonds. The zero-order valence-electron chi connectivity index (χ0n) is 27.8. The molecule has 6 aromatic rings. The van der Waals surface area contributed by atoms with Crippen LogP contribution in [-0.2, 0) is 0 Å². The number of fused-ring (bicyclic) bond motifs is 3. The van der Waals surface area contributed by atoms with Crippen molar-refractivity contribution in [2.24, 2.45) is 0 Å². The van der Waals surface area contributed by atoms with Gasteiger partial charge in [0.05, 0.1) is 11.8 Å². The number of ketones is 2. The molecule has 270 valence electrons. The van der Waals surface area contributed by atoms with Gasteiger partial charge in [-0.2, -0.15) is 0 Å². The molecule has 10 nitrogen and oxygen atoms in total. The number of nitrogens with zero attached hydrogens (tertiary/aromatic N) is 6. The van der Waals surface area contributed by atoms with Crippen molar-refractivity contribution in [2.45, 2.75) is 61.3 Å². The lowest BCUT2D eigenvalue weighted by Gasteiger charge is -2.00. The minimum absolute atomic E-state index is 0. The largest absolute Gasteiger partial charge is 0.478 e. The zero-order chi connectivity index (χ0) is 35.8. The van der Waals surface area contributed by atoms with Crippen LogP contribution in [0, 0.1) is 39.9 Å². The minimum Gasteiger partial charge on any atom is -0.478 e. The molecule has 0 aliphatic rings. The summed E-state index contributed by atoms with van der Waals surface area (Å²) in [4.78, 5) is 46.1. The van der Waals surface area contributed by atoms with Crippen LogP contribution in [0.15, 0.2) is 86.0 Å². The van der Waals surface area contributed by atoms with Gasteiger partial charge in [-0.1, -0.05) is 28.7 Å². The van der Waals surface area contributed by atoms with Crippen molar-refractivity contribution in [3.8, 4) is 36.2 Å². The molecule has 0 fully saturated rings. The summed E-state index contributed by atoms with van der Waals surface area (Å²) in [5.74, 6) is 9.44. The number of carboxylic acid groups (broad SMARTS) is 1. The third kappa shape index (κ3) is 13.4. The van der Waals surface area contributed by atoms with Gasteiger partial charge in [0.2, 0.25) is 0 Å². The van der Waals surface area contributed by atoms with E-state index in [1.807, 2.05) is 65.5 Å². The molecule has 1 N–H and O–H groups in total. The molecule has 52 heavy (non-hydrogen) atoms. The summed E-state index contributed by atoms with van der Waals surface area (Å²) in [5.41, 5.74) is 4.08. The van der Waals surface area contributed by atoms with Gasteiger partial charge in [0.15, 0.2) is 11.6 Å². The molecule has 0 saturated carbocycles. The van der Waals surface area contributed by atoms with Crippen molar-refractivity contribution in [2.75, 3.05) is 0 Å². The highest BCUT2D eigenvalue weighted by atomic mass is 127. The Hall–Kier alpha value is -5.36. The summed E-state index contributed by atoms with van der Waals surface area (Å²) in [6, 6.07) is 10.4. The predicted molar refractivity (Wildman–Crippen MR) is 221 cm³/mol. The van der Waals surface area contributed by atoms with Crippen LogP contribution in [0.3, 0.4) is 0 Å². The van der Waals surface area contributed by atoms with Crippen LogP contribution in [-0.4, -0.2) is 57.5 Å². The Kier molecular flexibility index (Phi) is 21.5. The average molecular weight is 833 g/mol. The highest BCUT2D eigenvalue weighted by Gasteiger charge is 2.08. The molecule has 6 heterocycles. The number of hydrogen-bond donors (Lipinski definition) is 1. The predicted octanol–water partition coefficient (Wildman–Crippen LogP) is 8.35. The smallest absolute Gasteiger partial charge is 0.394 e. The van der Waals surface area contributed by atoms with Crippen molar-refractivity contribution >= 4 is 76.2 Å². The summed E-state index contributed by atoms with van der Waals surface area (Å²) >= 11 is 2.21. The van der Waals surface area contributed by atoms with E-state index < -0.39 is 5.97 Å². The maximum Gasteiger partial charge on any atom is 0.394 e. The van der Waals surface area contributed by atoms with Crippen molar-refractivity contribution in [1.29, 1.82) is 0 Å².